The number of carbonyl (C=O) groups is 2. The molecule has 0 fully saturated rings. The number of hydrogen-bond acceptors (Lipinski definition) is 4. The summed E-state index contributed by atoms with van der Waals surface area (Å²) in [5.74, 6) is 0.437. The predicted molar refractivity (Wildman–Crippen MR) is 71.6 cm³/mol. The third-order valence-electron chi connectivity index (χ3n) is 3.13. The number of imide groups is 1. The summed E-state index contributed by atoms with van der Waals surface area (Å²) >= 11 is 0. The molecule has 19 heavy (non-hydrogen) atoms. The van der Waals surface area contributed by atoms with Crippen molar-refractivity contribution >= 4 is 11.9 Å². The largest absolute Gasteiger partial charge is 0.468 e. The molecular weight excluding hydrogens is 246 g/mol. The van der Waals surface area contributed by atoms with Gasteiger partial charge in [-0.25, -0.2) is 4.79 Å². The molecule has 1 heterocycles. The number of carbonyl (C=O) groups excluding carboxylic acids is 2. The average Bonchev–Trinajstić information content (AvgIpc) is 2.90. The van der Waals surface area contributed by atoms with E-state index in [2.05, 4.69) is 10.6 Å². The van der Waals surface area contributed by atoms with E-state index in [-0.39, 0.29) is 11.9 Å². The van der Waals surface area contributed by atoms with Crippen LogP contribution >= 0.6 is 0 Å². The van der Waals surface area contributed by atoms with Crippen molar-refractivity contribution in [3.05, 3.63) is 24.2 Å². The Balaban J connectivity index is 2.58. The Morgan fingerprint density at radius 1 is 1.42 bits per heavy atom. The summed E-state index contributed by atoms with van der Waals surface area (Å²) in [6, 6.07) is 2.69. The number of likely N-dealkylation sites (N-methyl/N-ethyl adjacent to an activating group) is 1. The van der Waals surface area contributed by atoms with Gasteiger partial charge in [-0.2, -0.15) is 0 Å². The summed E-state index contributed by atoms with van der Waals surface area (Å²) < 4.78 is 5.31. The van der Waals surface area contributed by atoms with Gasteiger partial charge in [-0.15, -0.1) is 0 Å². The van der Waals surface area contributed by atoms with E-state index in [4.69, 9.17) is 4.42 Å². The van der Waals surface area contributed by atoms with Crippen LogP contribution in [0.2, 0.25) is 0 Å². The third kappa shape index (κ3) is 4.10. The van der Waals surface area contributed by atoms with Crippen molar-refractivity contribution in [1.29, 1.82) is 0 Å². The van der Waals surface area contributed by atoms with Gasteiger partial charge in [0, 0.05) is 6.54 Å². The van der Waals surface area contributed by atoms with E-state index in [0.717, 1.165) is 5.76 Å². The molecule has 0 aromatic carbocycles. The fraction of sp³-hybridized carbons (Fsp3) is 0.538. The van der Waals surface area contributed by atoms with Crippen LogP contribution in [0.1, 0.15) is 32.6 Å². The maximum absolute atomic E-state index is 11.9. The van der Waals surface area contributed by atoms with Crippen molar-refractivity contribution in [3.63, 3.8) is 0 Å². The Morgan fingerprint density at radius 3 is 2.63 bits per heavy atom. The first-order valence-corrected chi connectivity index (χ1v) is 6.31. The van der Waals surface area contributed by atoms with Gasteiger partial charge >= 0.3 is 6.03 Å². The summed E-state index contributed by atoms with van der Waals surface area (Å²) in [6.45, 7) is 5.95. The molecule has 0 saturated heterocycles. The number of amides is 3. The molecule has 0 aliphatic rings. The highest BCUT2D eigenvalue weighted by Gasteiger charge is 2.25. The fourth-order valence-corrected chi connectivity index (χ4v) is 1.67. The van der Waals surface area contributed by atoms with Crippen LogP contribution in [0, 0.1) is 0 Å². The Morgan fingerprint density at radius 2 is 2.11 bits per heavy atom. The first-order chi connectivity index (χ1) is 8.97. The van der Waals surface area contributed by atoms with Gasteiger partial charge in [-0.3, -0.25) is 15.0 Å². The monoisotopic (exact) mass is 267 g/mol. The van der Waals surface area contributed by atoms with E-state index in [1.165, 1.54) is 0 Å². The first kappa shape index (κ1) is 15.2. The highest BCUT2D eigenvalue weighted by molar-refractivity contribution is 5.96. The Hall–Kier alpha value is -1.82. The molecular formula is C13H21N3O3. The van der Waals surface area contributed by atoms with Gasteiger partial charge < -0.3 is 9.73 Å². The zero-order valence-electron chi connectivity index (χ0n) is 11.8. The minimum atomic E-state index is -0.474. The predicted octanol–water partition coefficient (Wildman–Crippen LogP) is 1.51. The lowest BCUT2D eigenvalue weighted by Crippen LogP contribution is -2.49. The maximum Gasteiger partial charge on any atom is 0.321 e. The molecule has 0 saturated carbocycles. The quantitative estimate of drug-likeness (QED) is 0.848. The summed E-state index contributed by atoms with van der Waals surface area (Å²) in [4.78, 5) is 25.0. The van der Waals surface area contributed by atoms with Crippen molar-refractivity contribution in [1.82, 2.24) is 15.5 Å². The lowest BCUT2D eigenvalue weighted by atomic mass is 10.1. The van der Waals surface area contributed by atoms with Gasteiger partial charge in [0.1, 0.15) is 5.76 Å². The molecule has 0 spiro atoms. The normalized spacial score (nSPS) is 13.9. The van der Waals surface area contributed by atoms with Crippen LogP contribution in [0.3, 0.4) is 0 Å². The molecule has 0 aliphatic heterocycles. The van der Waals surface area contributed by atoms with E-state index >= 15 is 0 Å². The SMILES string of the molecule is CCNC(=O)NC(=O)[C@H](C)N(C)[C@H](C)c1ccco1. The van der Waals surface area contributed by atoms with Gasteiger partial charge in [0.15, 0.2) is 0 Å². The molecule has 0 radical (unpaired) electrons. The lowest BCUT2D eigenvalue weighted by molar-refractivity contribution is -0.125. The number of hydrogen-bond donors (Lipinski definition) is 2. The van der Waals surface area contributed by atoms with Gasteiger partial charge in [-0.1, -0.05) is 0 Å². The van der Waals surface area contributed by atoms with Gasteiger partial charge in [-0.05, 0) is 40.0 Å². The zero-order chi connectivity index (χ0) is 14.4. The van der Waals surface area contributed by atoms with Crippen LogP contribution in [0.4, 0.5) is 4.79 Å². The van der Waals surface area contributed by atoms with Crippen molar-refractivity contribution in [2.45, 2.75) is 32.9 Å². The Labute approximate surface area is 113 Å². The summed E-state index contributed by atoms with van der Waals surface area (Å²) in [5, 5.41) is 4.82. The highest BCUT2D eigenvalue weighted by atomic mass is 16.3. The lowest BCUT2D eigenvalue weighted by Gasteiger charge is -2.28. The Bertz CT molecular complexity index is 417. The van der Waals surface area contributed by atoms with Crippen LogP contribution in [-0.2, 0) is 4.79 Å². The number of furan rings is 1. The van der Waals surface area contributed by atoms with Crippen molar-refractivity contribution in [2.24, 2.45) is 0 Å². The van der Waals surface area contributed by atoms with Crippen molar-refractivity contribution in [3.8, 4) is 0 Å². The van der Waals surface area contributed by atoms with Crippen LogP contribution in [0.5, 0.6) is 0 Å². The molecule has 0 unspecified atom stereocenters. The summed E-state index contributed by atoms with van der Waals surface area (Å²) in [5.41, 5.74) is 0. The highest BCUT2D eigenvalue weighted by Crippen LogP contribution is 2.20. The van der Waals surface area contributed by atoms with Gasteiger partial charge in [0.05, 0.1) is 18.3 Å². The Kier molecular flexibility index (Phi) is 5.57. The maximum atomic E-state index is 11.9. The molecule has 0 aliphatic carbocycles. The second-order valence-electron chi connectivity index (χ2n) is 4.38. The number of nitrogens with zero attached hydrogens (tertiary/aromatic N) is 1. The van der Waals surface area contributed by atoms with E-state index in [1.807, 2.05) is 24.9 Å². The van der Waals surface area contributed by atoms with Crippen molar-refractivity contribution < 1.29 is 14.0 Å². The summed E-state index contributed by atoms with van der Waals surface area (Å²) in [7, 11) is 1.81. The number of nitrogens with one attached hydrogen (secondary N) is 2. The van der Waals surface area contributed by atoms with Crippen LogP contribution in [0.25, 0.3) is 0 Å². The van der Waals surface area contributed by atoms with E-state index in [0.29, 0.717) is 6.54 Å². The third-order valence-corrected chi connectivity index (χ3v) is 3.13. The number of rotatable bonds is 5. The molecule has 6 nitrogen and oxygen atoms in total. The fourth-order valence-electron chi connectivity index (χ4n) is 1.67. The second kappa shape index (κ2) is 6.94. The first-order valence-electron chi connectivity index (χ1n) is 6.31. The molecule has 3 amide bonds. The van der Waals surface area contributed by atoms with Crippen LogP contribution in [-0.4, -0.2) is 36.5 Å². The zero-order valence-corrected chi connectivity index (χ0v) is 11.8. The minimum Gasteiger partial charge on any atom is -0.468 e. The smallest absolute Gasteiger partial charge is 0.321 e. The van der Waals surface area contributed by atoms with Crippen molar-refractivity contribution in [2.75, 3.05) is 13.6 Å². The molecule has 2 atom stereocenters. The van der Waals surface area contributed by atoms with Gasteiger partial charge in [0.2, 0.25) is 5.91 Å². The molecule has 0 bridgehead atoms. The minimum absolute atomic E-state index is 0.0509. The second-order valence-corrected chi connectivity index (χ2v) is 4.38. The molecule has 1 aromatic rings. The molecule has 6 heteroatoms. The van der Waals surface area contributed by atoms with E-state index in [9.17, 15) is 9.59 Å². The standard InChI is InChI=1S/C13H21N3O3/c1-5-14-13(18)15-12(17)10(3)16(4)9(2)11-7-6-8-19-11/h6-10H,5H2,1-4H3,(H2,14,15,17,18)/t9-,10+/m1/s1. The number of urea groups is 1. The molecule has 106 valence electrons. The van der Waals surface area contributed by atoms with Crippen LogP contribution < -0.4 is 10.6 Å². The van der Waals surface area contributed by atoms with Gasteiger partial charge in [0.25, 0.3) is 0 Å². The van der Waals surface area contributed by atoms with E-state index < -0.39 is 12.1 Å². The summed E-state index contributed by atoms with van der Waals surface area (Å²) in [6.07, 6.45) is 1.60. The molecule has 1 rings (SSSR count). The molecule has 2 N–H and O–H groups in total. The topological polar surface area (TPSA) is 74.6 Å². The van der Waals surface area contributed by atoms with E-state index in [1.54, 1.807) is 26.2 Å². The molecule has 1 aromatic heterocycles. The van der Waals surface area contributed by atoms with Crippen LogP contribution in [0.15, 0.2) is 22.8 Å². The average molecular weight is 267 g/mol.